The summed E-state index contributed by atoms with van der Waals surface area (Å²) in [6.07, 6.45) is 9.40. The molecule has 0 radical (unpaired) electrons. The van der Waals surface area contributed by atoms with Crippen LogP contribution in [0.1, 0.15) is 31.1 Å². The maximum absolute atomic E-state index is 12.4. The standard InChI is InChI=1S/C19H24N6O/c26-19(24-11-4-5-15(13-24)25-12-10-20-14-25)21-9-3-8-18-22-16-6-1-2-7-17(16)23-18/h1-2,6-7,10,12,14-15H,3-5,8-9,11,13H2,(H,21,26)(H,22,23). The number of fused-ring (bicyclic) bond motifs is 1. The second-order valence-electron chi connectivity index (χ2n) is 6.79. The van der Waals surface area contributed by atoms with Gasteiger partial charge in [0.05, 0.1) is 23.4 Å². The number of nitrogens with one attached hydrogen (secondary N) is 2. The number of hydrogen-bond donors (Lipinski definition) is 2. The van der Waals surface area contributed by atoms with Crippen molar-refractivity contribution in [3.8, 4) is 0 Å². The largest absolute Gasteiger partial charge is 0.342 e. The summed E-state index contributed by atoms with van der Waals surface area (Å²) in [5.74, 6) is 0.971. The lowest BCUT2D eigenvalue weighted by atomic mass is 10.1. The van der Waals surface area contributed by atoms with Crippen molar-refractivity contribution < 1.29 is 4.79 Å². The third kappa shape index (κ3) is 3.71. The summed E-state index contributed by atoms with van der Waals surface area (Å²) in [5.41, 5.74) is 2.05. The van der Waals surface area contributed by atoms with Crippen LogP contribution in [0.25, 0.3) is 11.0 Å². The number of hydrogen-bond acceptors (Lipinski definition) is 3. The Bertz CT molecular complexity index is 823. The second kappa shape index (κ2) is 7.59. The monoisotopic (exact) mass is 352 g/mol. The first kappa shape index (κ1) is 16.6. The molecule has 3 heterocycles. The molecule has 0 aliphatic carbocycles. The van der Waals surface area contributed by atoms with E-state index in [4.69, 9.17) is 0 Å². The van der Waals surface area contributed by atoms with Crippen LogP contribution in [-0.4, -0.2) is 50.1 Å². The number of rotatable bonds is 5. The minimum absolute atomic E-state index is 0.0272. The minimum Gasteiger partial charge on any atom is -0.342 e. The van der Waals surface area contributed by atoms with Crippen LogP contribution in [0, 0.1) is 0 Å². The number of aromatic amines is 1. The highest BCUT2D eigenvalue weighted by Crippen LogP contribution is 2.21. The van der Waals surface area contributed by atoms with E-state index in [0.29, 0.717) is 12.6 Å². The molecule has 1 aliphatic heterocycles. The van der Waals surface area contributed by atoms with Gasteiger partial charge in [0.2, 0.25) is 0 Å². The number of urea groups is 1. The molecular formula is C19H24N6O. The first-order valence-corrected chi connectivity index (χ1v) is 9.23. The number of piperidine rings is 1. The molecule has 0 bridgehead atoms. The molecule has 1 aromatic carbocycles. The van der Waals surface area contributed by atoms with Crippen LogP contribution < -0.4 is 5.32 Å². The lowest BCUT2D eigenvalue weighted by Crippen LogP contribution is -2.46. The van der Waals surface area contributed by atoms with Gasteiger partial charge in [0.25, 0.3) is 0 Å². The van der Waals surface area contributed by atoms with E-state index in [1.165, 1.54) is 0 Å². The number of amides is 2. The number of para-hydroxylation sites is 2. The van der Waals surface area contributed by atoms with Crippen molar-refractivity contribution in [1.82, 2.24) is 29.7 Å². The van der Waals surface area contributed by atoms with Crippen molar-refractivity contribution in [2.75, 3.05) is 19.6 Å². The van der Waals surface area contributed by atoms with Gasteiger partial charge in [0.1, 0.15) is 5.82 Å². The van der Waals surface area contributed by atoms with Crippen molar-refractivity contribution in [3.05, 3.63) is 48.8 Å². The van der Waals surface area contributed by atoms with Gasteiger partial charge >= 0.3 is 6.03 Å². The molecule has 2 N–H and O–H groups in total. The zero-order valence-corrected chi connectivity index (χ0v) is 14.8. The quantitative estimate of drug-likeness (QED) is 0.693. The Morgan fingerprint density at radius 1 is 1.35 bits per heavy atom. The first-order valence-electron chi connectivity index (χ1n) is 9.23. The average molecular weight is 352 g/mol. The smallest absolute Gasteiger partial charge is 0.317 e. The van der Waals surface area contributed by atoms with Gasteiger partial charge in [0.15, 0.2) is 0 Å². The van der Waals surface area contributed by atoms with E-state index >= 15 is 0 Å². The molecule has 1 fully saturated rings. The molecule has 1 atom stereocenters. The maximum atomic E-state index is 12.4. The average Bonchev–Trinajstić information content (AvgIpc) is 3.34. The van der Waals surface area contributed by atoms with Crippen LogP contribution in [0.5, 0.6) is 0 Å². The molecule has 2 aromatic heterocycles. The van der Waals surface area contributed by atoms with Crippen LogP contribution in [0.4, 0.5) is 4.79 Å². The van der Waals surface area contributed by atoms with E-state index < -0.39 is 0 Å². The zero-order valence-electron chi connectivity index (χ0n) is 14.8. The van der Waals surface area contributed by atoms with Gasteiger partial charge in [-0.3, -0.25) is 0 Å². The Balaban J connectivity index is 1.23. The van der Waals surface area contributed by atoms with Crippen molar-refractivity contribution in [2.24, 2.45) is 0 Å². The number of carbonyl (C=O) groups excluding carboxylic acids is 1. The van der Waals surface area contributed by atoms with Gasteiger partial charge < -0.3 is 19.8 Å². The lowest BCUT2D eigenvalue weighted by molar-refractivity contribution is 0.167. The number of imidazole rings is 2. The molecule has 136 valence electrons. The number of H-pyrrole nitrogens is 1. The van der Waals surface area contributed by atoms with E-state index in [1.807, 2.05) is 41.7 Å². The Kier molecular flexibility index (Phi) is 4.86. The number of likely N-dealkylation sites (tertiary alicyclic amines) is 1. The number of benzene rings is 1. The van der Waals surface area contributed by atoms with Crippen LogP contribution in [0.15, 0.2) is 43.0 Å². The minimum atomic E-state index is 0.0272. The molecule has 1 aliphatic rings. The molecule has 1 saturated heterocycles. The molecule has 1 unspecified atom stereocenters. The summed E-state index contributed by atoms with van der Waals surface area (Å²) < 4.78 is 2.10. The van der Waals surface area contributed by atoms with Gasteiger partial charge in [-0.15, -0.1) is 0 Å². The Morgan fingerprint density at radius 3 is 3.12 bits per heavy atom. The molecule has 0 spiro atoms. The van der Waals surface area contributed by atoms with Crippen molar-refractivity contribution in [1.29, 1.82) is 0 Å². The molecule has 4 rings (SSSR count). The predicted molar refractivity (Wildman–Crippen MR) is 99.9 cm³/mol. The fourth-order valence-corrected chi connectivity index (χ4v) is 3.55. The number of aromatic nitrogens is 4. The van der Waals surface area contributed by atoms with E-state index in [9.17, 15) is 4.79 Å². The SMILES string of the molecule is O=C(NCCCc1nc2ccccc2[nH]1)N1CCCC(n2ccnc2)C1. The van der Waals surface area contributed by atoms with Crippen LogP contribution in [0.3, 0.4) is 0 Å². The van der Waals surface area contributed by atoms with Gasteiger partial charge in [-0.05, 0) is 31.4 Å². The Labute approximate surface area is 152 Å². The normalized spacial score (nSPS) is 17.5. The Hall–Kier alpha value is -2.83. The molecule has 7 nitrogen and oxygen atoms in total. The molecule has 0 saturated carbocycles. The van der Waals surface area contributed by atoms with E-state index in [2.05, 4.69) is 24.8 Å². The van der Waals surface area contributed by atoms with Gasteiger partial charge in [-0.2, -0.15) is 0 Å². The van der Waals surface area contributed by atoms with Crippen LogP contribution >= 0.6 is 0 Å². The topological polar surface area (TPSA) is 78.8 Å². The van der Waals surface area contributed by atoms with Gasteiger partial charge in [-0.25, -0.2) is 14.8 Å². The third-order valence-corrected chi connectivity index (χ3v) is 4.94. The summed E-state index contributed by atoms with van der Waals surface area (Å²) in [5, 5.41) is 3.04. The van der Waals surface area contributed by atoms with Gasteiger partial charge in [-0.1, -0.05) is 12.1 Å². The molecule has 2 amide bonds. The van der Waals surface area contributed by atoms with Crippen LogP contribution in [-0.2, 0) is 6.42 Å². The Morgan fingerprint density at radius 2 is 2.27 bits per heavy atom. The lowest BCUT2D eigenvalue weighted by Gasteiger charge is -2.33. The summed E-state index contributed by atoms with van der Waals surface area (Å²) in [4.78, 5) is 26.3. The molecule has 3 aromatic rings. The third-order valence-electron chi connectivity index (χ3n) is 4.94. The summed E-state index contributed by atoms with van der Waals surface area (Å²) in [7, 11) is 0. The fraction of sp³-hybridized carbons (Fsp3) is 0.421. The summed E-state index contributed by atoms with van der Waals surface area (Å²) in [6, 6.07) is 8.38. The summed E-state index contributed by atoms with van der Waals surface area (Å²) in [6.45, 7) is 2.22. The van der Waals surface area contributed by atoms with E-state index in [0.717, 1.165) is 55.6 Å². The van der Waals surface area contributed by atoms with E-state index in [1.54, 1.807) is 6.20 Å². The highest BCUT2D eigenvalue weighted by Gasteiger charge is 2.24. The first-order chi connectivity index (χ1) is 12.8. The fourth-order valence-electron chi connectivity index (χ4n) is 3.55. The van der Waals surface area contributed by atoms with Crippen molar-refractivity contribution in [3.63, 3.8) is 0 Å². The molecule has 26 heavy (non-hydrogen) atoms. The van der Waals surface area contributed by atoms with Crippen molar-refractivity contribution >= 4 is 17.1 Å². The maximum Gasteiger partial charge on any atom is 0.317 e. The second-order valence-corrected chi connectivity index (χ2v) is 6.79. The highest BCUT2D eigenvalue weighted by molar-refractivity contribution is 5.75. The molecular weight excluding hydrogens is 328 g/mol. The number of carbonyl (C=O) groups is 1. The van der Waals surface area contributed by atoms with Crippen molar-refractivity contribution in [2.45, 2.75) is 31.7 Å². The number of aryl methyl sites for hydroxylation is 1. The number of nitrogens with zero attached hydrogens (tertiary/aromatic N) is 4. The molecule has 7 heteroatoms. The summed E-state index contributed by atoms with van der Waals surface area (Å²) >= 11 is 0. The van der Waals surface area contributed by atoms with Gasteiger partial charge in [0, 0.05) is 38.4 Å². The van der Waals surface area contributed by atoms with E-state index in [-0.39, 0.29) is 6.03 Å². The highest BCUT2D eigenvalue weighted by atomic mass is 16.2. The predicted octanol–water partition coefficient (Wildman–Crippen LogP) is 2.74. The van der Waals surface area contributed by atoms with Crippen LogP contribution in [0.2, 0.25) is 0 Å². The zero-order chi connectivity index (χ0) is 17.8.